The van der Waals surface area contributed by atoms with E-state index in [9.17, 15) is 9.90 Å². The lowest BCUT2D eigenvalue weighted by atomic mass is 10.1. The Morgan fingerprint density at radius 2 is 1.88 bits per heavy atom. The largest absolute Gasteiger partial charge is 0.508 e. The molecule has 0 aliphatic heterocycles. The highest BCUT2D eigenvalue weighted by Gasteiger charge is 2.21. The Bertz CT molecular complexity index is 497. The third-order valence-electron chi connectivity index (χ3n) is 3.44. The molecule has 1 atom stereocenters. The standard InChI is InChI=1S/C18H30N2O4/c1-14(15-6-8-16(21)9-7-15)19-10-11-20(12-13-23-5)17(22)24-18(2,3)4/h6-9,14,19,21H,10-13H2,1-5H3. The summed E-state index contributed by atoms with van der Waals surface area (Å²) < 4.78 is 10.5. The van der Waals surface area contributed by atoms with E-state index in [2.05, 4.69) is 5.32 Å². The van der Waals surface area contributed by atoms with E-state index in [4.69, 9.17) is 9.47 Å². The summed E-state index contributed by atoms with van der Waals surface area (Å²) in [4.78, 5) is 13.9. The van der Waals surface area contributed by atoms with Gasteiger partial charge in [0.1, 0.15) is 11.4 Å². The van der Waals surface area contributed by atoms with E-state index in [0.717, 1.165) is 5.56 Å². The maximum atomic E-state index is 12.2. The number of nitrogens with one attached hydrogen (secondary N) is 1. The molecule has 0 saturated carbocycles. The van der Waals surface area contributed by atoms with E-state index in [-0.39, 0.29) is 17.9 Å². The first kappa shape index (κ1) is 20.3. The molecule has 136 valence electrons. The van der Waals surface area contributed by atoms with Gasteiger partial charge in [-0.2, -0.15) is 0 Å². The average molecular weight is 338 g/mol. The summed E-state index contributed by atoms with van der Waals surface area (Å²) in [6.45, 7) is 9.71. The number of ether oxygens (including phenoxy) is 2. The number of amides is 1. The molecular formula is C18H30N2O4. The molecule has 0 radical (unpaired) electrons. The molecule has 0 aliphatic carbocycles. The van der Waals surface area contributed by atoms with Crippen molar-refractivity contribution in [2.45, 2.75) is 39.3 Å². The molecule has 0 heterocycles. The topological polar surface area (TPSA) is 71.0 Å². The minimum Gasteiger partial charge on any atom is -0.508 e. The van der Waals surface area contributed by atoms with Crippen LogP contribution < -0.4 is 5.32 Å². The van der Waals surface area contributed by atoms with Crippen LogP contribution in [0.15, 0.2) is 24.3 Å². The predicted molar refractivity (Wildman–Crippen MR) is 94.2 cm³/mol. The first-order chi connectivity index (χ1) is 11.2. The molecule has 6 nitrogen and oxygen atoms in total. The van der Waals surface area contributed by atoms with Crippen molar-refractivity contribution in [2.75, 3.05) is 33.4 Å². The van der Waals surface area contributed by atoms with E-state index in [1.54, 1.807) is 24.1 Å². The number of hydrogen-bond acceptors (Lipinski definition) is 5. The predicted octanol–water partition coefficient (Wildman–Crippen LogP) is 2.93. The quantitative estimate of drug-likeness (QED) is 0.762. The summed E-state index contributed by atoms with van der Waals surface area (Å²) in [6.07, 6.45) is -0.335. The molecule has 0 spiro atoms. The molecular weight excluding hydrogens is 308 g/mol. The van der Waals surface area contributed by atoms with E-state index in [1.165, 1.54) is 0 Å². The van der Waals surface area contributed by atoms with Gasteiger partial charge >= 0.3 is 6.09 Å². The van der Waals surface area contributed by atoms with Gasteiger partial charge in [0.15, 0.2) is 0 Å². The number of phenolic OH excluding ortho intramolecular Hbond substituents is 1. The van der Waals surface area contributed by atoms with Crippen LogP contribution in [0.1, 0.15) is 39.3 Å². The molecule has 1 aromatic carbocycles. The van der Waals surface area contributed by atoms with Gasteiger partial charge in [0.05, 0.1) is 6.61 Å². The van der Waals surface area contributed by atoms with Crippen LogP contribution in [0.5, 0.6) is 5.75 Å². The van der Waals surface area contributed by atoms with E-state index >= 15 is 0 Å². The van der Waals surface area contributed by atoms with Crippen molar-refractivity contribution >= 4 is 6.09 Å². The second kappa shape index (κ2) is 9.49. The molecule has 1 rings (SSSR count). The van der Waals surface area contributed by atoms with Crippen LogP contribution in [0.25, 0.3) is 0 Å². The summed E-state index contributed by atoms with van der Waals surface area (Å²) in [7, 11) is 1.61. The minimum atomic E-state index is -0.519. The molecule has 2 N–H and O–H groups in total. The lowest BCUT2D eigenvalue weighted by Crippen LogP contribution is -2.42. The van der Waals surface area contributed by atoms with Gasteiger partial charge in [-0.15, -0.1) is 0 Å². The molecule has 24 heavy (non-hydrogen) atoms. The van der Waals surface area contributed by atoms with Crippen molar-refractivity contribution in [1.29, 1.82) is 0 Å². The van der Waals surface area contributed by atoms with Gasteiger partial charge in [0, 0.05) is 32.8 Å². The minimum absolute atomic E-state index is 0.119. The lowest BCUT2D eigenvalue weighted by molar-refractivity contribution is 0.0203. The zero-order chi connectivity index (χ0) is 18.2. The Balaban J connectivity index is 2.51. The summed E-state index contributed by atoms with van der Waals surface area (Å²) in [5, 5.41) is 12.7. The fraction of sp³-hybridized carbons (Fsp3) is 0.611. The molecule has 0 fully saturated rings. The van der Waals surface area contributed by atoms with Gasteiger partial charge in [0.2, 0.25) is 0 Å². The summed E-state index contributed by atoms with van der Waals surface area (Å²) in [5.41, 5.74) is 0.559. The number of methoxy groups -OCH3 is 1. The van der Waals surface area contributed by atoms with E-state index < -0.39 is 5.60 Å². The molecule has 0 bridgehead atoms. The van der Waals surface area contributed by atoms with Crippen LogP contribution in [0, 0.1) is 0 Å². The van der Waals surface area contributed by atoms with Gasteiger partial charge in [-0.25, -0.2) is 4.79 Å². The van der Waals surface area contributed by atoms with Crippen molar-refractivity contribution in [1.82, 2.24) is 10.2 Å². The second-order valence-electron chi connectivity index (χ2n) is 6.73. The zero-order valence-electron chi connectivity index (χ0n) is 15.3. The van der Waals surface area contributed by atoms with Crippen LogP contribution in [0.4, 0.5) is 4.79 Å². The van der Waals surface area contributed by atoms with Crippen LogP contribution in [0.3, 0.4) is 0 Å². The molecule has 0 aromatic heterocycles. The van der Waals surface area contributed by atoms with Crippen LogP contribution in [-0.4, -0.2) is 55.1 Å². The van der Waals surface area contributed by atoms with Crippen molar-refractivity contribution in [3.63, 3.8) is 0 Å². The Hall–Kier alpha value is -1.79. The number of benzene rings is 1. The number of carbonyl (C=O) groups excluding carboxylic acids is 1. The van der Waals surface area contributed by atoms with Gasteiger partial charge in [0.25, 0.3) is 0 Å². The maximum absolute atomic E-state index is 12.2. The number of hydrogen-bond donors (Lipinski definition) is 2. The number of aromatic hydroxyl groups is 1. The molecule has 1 amide bonds. The second-order valence-corrected chi connectivity index (χ2v) is 6.73. The maximum Gasteiger partial charge on any atom is 0.410 e. The molecule has 1 aromatic rings. The lowest BCUT2D eigenvalue weighted by Gasteiger charge is -2.28. The Kier molecular flexibility index (Phi) is 8.01. The Morgan fingerprint density at radius 3 is 2.42 bits per heavy atom. The number of nitrogens with zero attached hydrogens (tertiary/aromatic N) is 1. The van der Waals surface area contributed by atoms with Crippen LogP contribution >= 0.6 is 0 Å². The van der Waals surface area contributed by atoms with Crippen LogP contribution in [-0.2, 0) is 9.47 Å². The Morgan fingerprint density at radius 1 is 1.25 bits per heavy atom. The molecule has 1 unspecified atom stereocenters. The summed E-state index contributed by atoms with van der Waals surface area (Å²) in [6, 6.07) is 7.21. The fourth-order valence-electron chi connectivity index (χ4n) is 2.12. The highest BCUT2D eigenvalue weighted by atomic mass is 16.6. The molecule has 6 heteroatoms. The van der Waals surface area contributed by atoms with Crippen molar-refractivity contribution in [3.8, 4) is 5.75 Å². The van der Waals surface area contributed by atoms with Crippen molar-refractivity contribution in [2.24, 2.45) is 0 Å². The zero-order valence-corrected chi connectivity index (χ0v) is 15.3. The Labute approximate surface area is 144 Å². The van der Waals surface area contributed by atoms with Gasteiger partial charge in [-0.1, -0.05) is 12.1 Å². The van der Waals surface area contributed by atoms with Gasteiger partial charge in [-0.3, -0.25) is 0 Å². The van der Waals surface area contributed by atoms with Gasteiger partial charge < -0.3 is 24.8 Å². The summed E-state index contributed by atoms with van der Waals surface area (Å²) in [5.74, 6) is 0.251. The third kappa shape index (κ3) is 7.66. The highest BCUT2D eigenvalue weighted by molar-refractivity contribution is 5.68. The smallest absolute Gasteiger partial charge is 0.410 e. The van der Waals surface area contributed by atoms with Crippen molar-refractivity contribution < 1.29 is 19.4 Å². The van der Waals surface area contributed by atoms with E-state index in [0.29, 0.717) is 26.2 Å². The first-order valence-corrected chi connectivity index (χ1v) is 8.22. The highest BCUT2D eigenvalue weighted by Crippen LogP contribution is 2.16. The first-order valence-electron chi connectivity index (χ1n) is 8.22. The molecule has 0 aliphatic rings. The summed E-state index contributed by atoms with van der Waals surface area (Å²) >= 11 is 0. The third-order valence-corrected chi connectivity index (χ3v) is 3.44. The average Bonchev–Trinajstić information content (AvgIpc) is 2.49. The molecule has 0 saturated heterocycles. The number of phenols is 1. The number of carbonyl (C=O) groups is 1. The monoisotopic (exact) mass is 338 g/mol. The van der Waals surface area contributed by atoms with Crippen LogP contribution in [0.2, 0.25) is 0 Å². The fourth-order valence-corrected chi connectivity index (χ4v) is 2.12. The SMILES string of the molecule is COCCN(CCNC(C)c1ccc(O)cc1)C(=O)OC(C)(C)C. The van der Waals surface area contributed by atoms with Gasteiger partial charge in [-0.05, 0) is 45.4 Å². The normalized spacial score (nSPS) is 12.7. The van der Waals surface area contributed by atoms with E-state index in [1.807, 2.05) is 39.8 Å². The number of rotatable bonds is 8. The van der Waals surface area contributed by atoms with Crippen molar-refractivity contribution in [3.05, 3.63) is 29.8 Å².